The molecule has 1 aliphatic carbocycles. The lowest BCUT2D eigenvalue weighted by Gasteiger charge is -2.19. The van der Waals surface area contributed by atoms with Crippen molar-refractivity contribution in [3.05, 3.63) is 27.1 Å². The van der Waals surface area contributed by atoms with Crippen molar-refractivity contribution in [1.82, 2.24) is 5.32 Å². The average molecular weight is 284 g/mol. The minimum atomic E-state index is -0.494. The van der Waals surface area contributed by atoms with E-state index >= 15 is 0 Å². The number of nitrogens with one attached hydrogen (secondary N) is 1. The maximum Gasteiger partial charge on any atom is 0.324 e. The monoisotopic (exact) mass is 284 g/mol. The molecule has 7 heteroatoms. The molecule has 1 heterocycles. The minimum absolute atomic E-state index is 0.0246. The Bertz CT molecular complexity index is 474. The van der Waals surface area contributed by atoms with E-state index in [1.807, 2.05) is 0 Å². The van der Waals surface area contributed by atoms with Gasteiger partial charge in [-0.1, -0.05) is 17.8 Å². The molecule has 0 radical (unpaired) electrons. The van der Waals surface area contributed by atoms with E-state index < -0.39 is 4.92 Å². The Balaban J connectivity index is 1.98. The maximum atomic E-state index is 12.0. The zero-order valence-corrected chi connectivity index (χ0v) is 11.2. The fraction of sp³-hybridized carbons (Fsp3) is 0.583. The zero-order chi connectivity index (χ0) is 13.8. The molecule has 6 nitrogen and oxygen atoms in total. The van der Waals surface area contributed by atoms with Crippen molar-refractivity contribution in [2.75, 3.05) is 6.61 Å². The van der Waals surface area contributed by atoms with Crippen LogP contribution in [0.15, 0.2) is 12.1 Å². The van der Waals surface area contributed by atoms with Crippen LogP contribution in [-0.2, 0) is 0 Å². The van der Waals surface area contributed by atoms with E-state index in [9.17, 15) is 14.9 Å². The molecule has 1 aromatic rings. The first-order valence-corrected chi connectivity index (χ1v) is 7.09. The van der Waals surface area contributed by atoms with Gasteiger partial charge in [-0.15, -0.1) is 0 Å². The van der Waals surface area contributed by atoms with Gasteiger partial charge in [0, 0.05) is 18.7 Å². The molecule has 2 N–H and O–H groups in total. The predicted molar refractivity (Wildman–Crippen MR) is 71.3 cm³/mol. The van der Waals surface area contributed by atoms with Gasteiger partial charge in [0.2, 0.25) is 0 Å². The molecule has 1 fully saturated rings. The van der Waals surface area contributed by atoms with Gasteiger partial charge >= 0.3 is 5.00 Å². The maximum absolute atomic E-state index is 12.0. The summed E-state index contributed by atoms with van der Waals surface area (Å²) in [5, 5.41) is 22.4. The quantitative estimate of drug-likeness (QED) is 0.638. The molecule has 2 atom stereocenters. The second-order valence-electron chi connectivity index (χ2n) is 4.68. The molecule has 1 aliphatic rings. The third-order valence-corrected chi connectivity index (χ3v) is 4.51. The fourth-order valence-corrected chi connectivity index (χ4v) is 3.25. The second kappa shape index (κ2) is 6.12. The number of hydrogen-bond acceptors (Lipinski definition) is 5. The fourth-order valence-electron chi connectivity index (χ4n) is 2.53. The number of carbonyl (C=O) groups excluding carboxylic acids is 1. The van der Waals surface area contributed by atoms with Crippen LogP contribution in [0.3, 0.4) is 0 Å². The van der Waals surface area contributed by atoms with Crippen LogP contribution in [-0.4, -0.2) is 28.6 Å². The van der Waals surface area contributed by atoms with Crippen LogP contribution in [0.25, 0.3) is 0 Å². The molecule has 0 aromatic carbocycles. The van der Waals surface area contributed by atoms with Gasteiger partial charge in [-0.05, 0) is 31.2 Å². The number of nitro groups is 1. The third-order valence-electron chi connectivity index (χ3n) is 3.47. The normalized spacial score (nSPS) is 22.4. The first-order chi connectivity index (χ1) is 9.11. The number of carbonyl (C=O) groups is 1. The smallest absolute Gasteiger partial charge is 0.324 e. The highest BCUT2D eigenvalue weighted by Gasteiger charge is 2.28. The predicted octanol–water partition coefficient (Wildman–Crippen LogP) is 1.94. The van der Waals surface area contributed by atoms with Crippen LogP contribution >= 0.6 is 11.3 Å². The molecule has 104 valence electrons. The first kappa shape index (κ1) is 14.0. The van der Waals surface area contributed by atoms with Crippen molar-refractivity contribution in [2.45, 2.75) is 31.7 Å². The number of aliphatic hydroxyl groups excluding tert-OH is 1. The summed E-state index contributed by atoms with van der Waals surface area (Å²) >= 11 is 0.887. The van der Waals surface area contributed by atoms with E-state index in [2.05, 4.69) is 5.32 Å². The van der Waals surface area contributed by atoms with Crippen LogP contribution in [0.2, 0.25) is 0 Å². The van der Waals surface area contributed by atoms with Crippen LogP contribution in [0.5, 0.6) is 0 Å². The highest BCUT2D eigenvalue weighted by Crippen LogP contribution is 2.29. The van der Waals surface area contributed by atoms with Gasteiger partial charge in [0.15, 0.2) is 0 Å². The Morgan fingerprint density at radius 2 is 2.32 bits per heavy atom. The molecule has 1 aromatic heterocycles. The molecule has 1 amide bonds. The summed E-state index contributed by atoms with van der Waals surface area (Å²) in [5.74, 6) is 0.0526. The molecule has 0 bridgehead atoms. The topological polar surface area (TPSA) is 92.5 Å². The highest BCUT2D eigenvalue weighted by molar-refractivity contribution is 7.17. The van der Waals surface area contributed by atoms with Gasteiger partial charge in [0.25, 0.3) is 5.91 Å². The molecular weight excluding hydrogens is 268 g/mol. The summed E-state index contributed by atoms with van der Waals surface area (Å²) < 4.78 is 0. The Morgan fingerprint density at radius 3 is 2.95 bits per heavy atom. The standard InChI is InChI=1S/C12H16N2O4S/c15-7-6-8-2-1-3-9(8)13-12(16)10-4-5-11(19-10)14(17)18/h4-5,8-9,15H,1-3,6-7H2,(H,13,16)/t8-,9-/m0/s1. The number of rotatable bonds is 5. The van der Waals surface area contributed by atoms with Crippen LogP contribution in [0.4, 0.5) is 5.00 Å². The molecule has 2 rings (SSSR count). The lowest BCUT2D eigenvalue weighted by atomic mass is 10.00. The van der Waals surface area contributed by atoms with Gasteiger partial charge < -0.3 is 10.4 Å². The Kier molecular flexibility index (Phi) is 4.49. The van der Waals surface area contributed by atoms with E-state index in [1.54, 1.807) is 0 Å². The molecule has 0 spiro atoms. The molecule has 19 heavy (non-hydrogen) atoms. The third kappa shape index (κ3) is 3.30. The van der Waals surface area contributed by atoms with Crippen molar-refractivity contribution in [1.29, 1.82) is 0 Å². The van der Waals surface area contributed by atoms with Crippen LogP contribution in [0.1, 0.15) is 35.4 Å². The van der Waals surface area contributed by atoms with Gasteiger partial charge in [0.1, 0.15) is 0 Å². The van der Waals surface area contributed by atoms with Crippen molar-refractivity contribution in [2.24, 2.45) is 5.92 Å². The van der Waals surface area contributed by atoms with E-state index in [0.717, 1.165) is 30.6 Å². The summed E-state index contributed by atoms with van der Waals surface area (Å²) in [6, 6.07) is 2.90. The SMILES string of the molecule is O=C(N[C@H]1CCC[C@H]1CCO)c1ccc([N+](=O)[O-])s1. The van der Waals surface area contributed by atoms with Gasteiger partial charge in [-0.3, -0.25) is 14.9 Å². The number of aliphatic hydroxyl groups is 1. The van der Waals surface area contributed by atoms with Crippen molar-refractivity contribution >= 4 is 22.2 Å². The van der Waals surface area contributed by atoms with Crippen molar-refractivity contribution in [3.63, 3.8) is 0 Å². The summed E-state index contributed by atoms with van der Waals surface area (Å²) in [6.07, 6.45) is 3.65. The number of thiophene rings is 1. The van der Waals surface area contributed by atoms with Crippen molar-refractivity contribution in [3.8, 4) is 0 Å². The summed E-state index contributed by atoms with van der Waals surface area (Å²) in [5.41, 5.74) is 0. The molecular formula is C12H16N2O4S. The summed E-state index contributed by atoms with van der Waals surface area (Å²) in [7, 11) is 0. The van der Waals surface area contributed by atoms with E-state index in [0.29, 0.717) is 17.2 Å². The van der Waals surface area contributed by atoms with Gasteiger partial charge in [-0.25, -0.2) is 0 Å². The molecule has 1 saturated carbocycles. The largest absolute Gasteiger partial charge is 0.396 e. The van der Waals surface area contributed by atoms with Gasteiger partial charge in [-0.2, -0.15) is 0 Å². The molecule has 0 saturated heterocycles. The highest BCUT2D eigenvalue weighted by atomic mass is 32.1. The van der Waals surface area contributed by atoms with Crippen LogP contribution < -0.4 is 5.32 Å². The van der Waals surface area contributed by atoms with E-state index in [4.69, 9.17) is 5.11 Å². The first-order valence-electron chi connectivity index (χ1n) is 6.27. The van der Waals surface area contributed by atoms with Gasteiger partial charge in [0.05, 0.1) is 9.80 Å². The molecule has 0 aliphatic heterocycles. The lowest BCUT2D eigenvalue weighted by molar-refractivity contribution is -0.380. The summed E-state index contributed by atoms with van der Waals surface area (Å²) in [4.78, 5) is 22.4. The Hall–Kier alpha value is -1.47. The average Bonchev–Trinajstić information content (AvgIpc) is 2.99. The number of nitrogens with zero attached hydrogens (tertiary/aromatic N) is 1. The number of hydrogen-bond donors (Lipinski definition) is 2. The Labute approximate surface area is 114 Å². The minimum Gasteiger partial charge on any atom is -0.396 e. The van der Waals surface area contributed by atoms with Crippen molar-refractivity contribution < 1.29 is 14.8 Å². The zero-order valence-electron chi connectivity index (χ0n) is 10.4. The van der Waals surface area contributed by atoms with Crippen LogP contribution in [0, 0.1) is 16.0 Å². The second-order valence-corrected chi connectivity index (χ2v) is 5.74. The summed E-state index contributed by atoms with van der Waals surface area (Å²) in [6.45, 7) is 0.126. The van der Waals surface area contributed by atoms with E-state index in [-0.39, 0.29) is 23.6 Å². The number of amides is 1. The lowest BCUT2D eigenvalue weighted by Crippen LogP contribution is -2.37. The molecule has 0 unspecified atom stereocenters. The Morgan fingerprint density at radius 1 is 1.53 bits per heavy atom. The van der Waals surface area contributed by atoms with E-state index in [1.165, 1.54) is 12.1 Å².